The fourth-order valence-electron chi connectivity index (χ4n) is 4.18. The van der Waals surface area contributed by atoms with Crippen molar-refractivity contribution in [3.05, 3.63) is 0 Å². The summed E-state index contributed by atoms with van der Waals surface area (Å²) < 4.78 is 6.12. The Hall–Kier alpha value is -0.0800. The molecule has 1 N–H and O–H groups in total. The summed E-state index contributed by atoms with van der Waals surface area (Å²) in [6.07, 6.45) is 11.3. The van der Waals surface area contributed by atoms with E-state index < -0.39 is 0 Å². The van der Waals surface area contributed by atoms with Crippen LogP contribution < -0.4 is 5.32 Å². The molecule has 0 heterocycles. The third-order valence-electron chi connectivity index (χ3n) is 4.84. The fourth-order valence-corrected chi connectivity index (χ4v) is 4.18. The zero-order chi connectivity index (χ0) is 13.7. The molecular weight excluding hydrogens is 234 g/mol. The molecule has 2 fully saturated rings. The van der Waals surface area contributed by atoms with E-state index >= 15 is 0 Å². The van der Waals surface area contributed by atoms with Crippen LogP contribution >= 0.6 is 0 Å². The SMILES string of the molecule is CC1CC(OCCNC2CCCCC2)CC(C)(C)C1. The molecule has 2 unspecified atom stereocenters. The van der Waals surface area contributed by atoms with Crippen molar-refractivity contribution in [1.82, 2.24) is 5.32 Å². The van der Waals surface area contributed by atoms with E-state index in [4.69, 9.17) is 4.74 Å². The summed E-state index contributed by atoms with van der Waals surface area (Å²) >= 11 is 0. The number of hydrogen-bond acceptors (Lipinski definition) is 2. The van der Waals surface area contributed by atoms with E-state index in [0.717, 1.165) is 25.1 Å². The average Bonchev–Trinajstić information content (AvgIpc) is 2.33. The summed E-state index contributed by atoms with van der Waals surface area (Å²) in [6, 6.07) is 0.763. The molecule has 19 heavy (non-hydrogen) atoms. The average molecular weight is 267 g/mol. The van der Waals surface area contributed by atoms with Gasteiger partial charge < -0.3 is 10.1 Å². The molecule has 0 spiro atoms. The van der Waals surface area contributed by atoms with Gasteiger partial charge in [0.15, 0.2) is 0 Å². The van der Waals surface area contributed by atoms with Crippen LogP contribution in [0.2, 0.25) is 0 Å². The molecule has 2 aliphatic rings. The van der Waals surface area contributed by atoms with Crippen LogP contribution in [0, 0.1) is 11.3 Å². The molecule has 0 amide bonds. The van der Waals surface area contributed by atoms with Crippen molar-refractivity contribution in [1.29, 1.82) is 0 Å². The maximum absolute atomic E-state index is 6.12. The third kappa shape index (κ3) is 5.43. The van der Waals surface area contributed by atoms with Crippen LogP contribution in [0.1, 0.15) is 72.1 Å². The Labute approximate surface area is 119 Å². The molecule has 0 saturated heterocycles. The Morgan fingerprint density at radius 2 is 1.84 bits per heavy atom. The lowest BCUT2D eigenvalue weighted by Crippen LogP contribution is -2.36. The topological polar surface area (TPSA) is 21.3 Å². The van der Waals surface area contributed by atoms with Gasteiger partial charge in [-0.05, 0) is 43.4 Å². The predicted molar refractivity (Wildman–Crippen MR) is 81.4 cm³/mol. The van der Waals surface area contributed by atoms with Crippen molar-refractivity contribution in [2.45, 2.75) is 84.3 Å². The van der Waals surface area contributed by atoms with E-state index in [1.54, 1.807) is 0 Å². The molecule has 0 aromatic rings. The monoisotopic (exact) mass is 267 g/mol. The highest BCUT2D eigenvalue weighted by molar-refractivity contribution is 4.83. The second-order valence-electron chi connectivity index (χ2n) is 7.70. The summed E-state index contributed by atoms with van der Waals surface area (Å²) in [4.78, 5) is 0. The van der Waals surface area contributed by atoms with Gasteiger partial charge in [0.2, 0.25) is 0 Å². The van der Waals surface area contributed by atoms with Crippen LogP contribution in [0.4, 0.5) is 0 Å². The highest BCUT2D eigenvalue weighted by Gasteiger charge is 2.32. The van der Waals surface area contributed by atoms with Gasteiger partial charge in [-0.25, -0.2) is 0 Å². The second kappa shape index (κ2) is 7.08. The molecule has 2 rings (SSSR count). The van der Waals surface area contributed by atoms with E-state index in [9.17, 15) is 0 Å². The molecule has 2 atom stereocenters. The lowest BCUT2D eigenvalue weighted by atomic mass is 9.71. The van der Waals surface area contributed by atoms with E-state index in [1.807, 2.05) is 0 Å². The minimum Gasteiger partial charge on any atom is -0.377 e. The van der Waals surface area contributed by atoms with Crippen molar-refractivity contribution in [3.63, 3.8) is 0 Å². The minimum atomic E-state index is 0.471. The summed E-state index contributed by atoms with van der Waals surface area (Å²) in [6.45, 7) is 9.08. The number of rotatable bonds is 5. The minimum absolute atomic E-state index is 0.471. The summed E-state index contributed by atoms with van der Waals surface area (Å²) in [7, 11) is 0. The molecule has 0 aromatic heterocycles. The van der Waals surface area contributed by atoms with Gasteiger partial charge in [0.05, 0.1) is 12.7 Å². The van der Waals surface area contributed by atoms with Gasteiger partial charge in [0, 0.05) is 12.6 Å². The Bertz CT molecular complexity index is 258. The Kier molecular flexibility index (Phi) is 5.70. The van der Waals surface area contributed by atoms with Gasteiger partial charge in [0.1, 0.15) is 0 Å². The smallest absolute Gasteiger partial charge is 0.0594 e. The van der Waals surface area contributed by atoms with E-state index in [2.05, 4.69) is 26.1 Å². The largest absolute Gasteiger partial charge is 0.377 e. The molecule has 0 bridgehead atoms. The second-order valence-corrected chi connectivity index (χ2v) is 7.70. The van der Waals surface area contributed by atoms with Crippen LogP contribution in [0.15, 0.2) is 0 Å². The van der Waals surface area contributed by atoms with Gasteiger partial charge in [-0.3, -0.25) is 0 Å². The Balaban J connectivity index is 1.59. The molecule has 0 aliphatic heterocycles. The van der Waals surface area contributed by atoms with Crippen LogP contribution in [0.25, 0.3) is 0 Å². The van der Waals surface area contributed by atoms with Gasteiger partial charge in [-0.15, -0.1) is 0 Å². The van der Waals surface area contributed by atoms with Crippen LogP contribution in [0.5, 0.6) is 0 Å². The molecule has 0 radical (unpaired) electrons. The predicted octanol–water partition coefficient (Wildman–Crippen LogP) is 4.14. The maximum Gasteiger partial charge on any atom is 0.0594 e. The highest BCUT2D eigenvalue weighted by atomic mass is 16.5. The molecule has 2 saturated carbocycles. The fraction of sp³-hybridized carbons (Fsp3) is 1.00. The van der Waals surface area contributed by atoms with Crippen LogP contribution in [-0.2, 0) is 4.74 Å². The van der Waals surface area contributed by atoms with E-state index in [0.29, 0.717) is 11.5 Å². The highest BCUT2D eigenvalue weighted by Crippen LogP contribution is 2.39. The summed E-state index contributed by atoms with van der Waals surface area (Å²) in [5.74, 6) is 0.819. The molecular formula is C17H33NO. The van der Waals surface area contributed by atoms with E-state index in [-0.39, 0.29) is 0 Å². The quantitative estimate of drug-likeness (QED) is 0.756. The van der Waals surface area contributed by atoms with E-state index in [1.165, 1.54) is 51.4 Å². The standard InChI is InChI=1S/C17H33NO/c1-14-11-16(13-17(2,3)12-14)19-10-9-18-15-7-5-4-6-8-15/h14-16,18H,4-13H2,1-3H3. The zero-order valence-corrected chi connectivity index (χ0v) is 13.2. The van der Waals surface area contributed by atoms with Gasteiger partial charge >= 0.3 is 0 Å². The first-order valence-electron chi connectivity index (χ1n) is 8.40. The molecule has 2 heteroatoms. The van der Waals surface area contributed by atoms with Gasteiger partial charge in [0.25, 0.3) is 0 Å². The third-order valence-corrected chi connectivity index (χ3v) is 4.84. The number of ether oxygens (including phenoxy) is 1. The van der Waals surface area contributed by atoms with Crippen LogP contribution in [0.3, 0.4) is 0 Å². The normalized spacial score (nSPS) is 32.4. The summed E-state index contributed by atoms with van der Waals surface area (Å²) in [5, 5.41) is 3.67. The Morgan fingerprint density at radius 1 is 1.11 bits per heavy atom. The Morgan fingerprint density at radius 3 is 2.53 bits per heavy atom. The first-order chi connectivity index (χ1) is 9.05. The molecule has 112 valence electrons. The first kappa shape index (κ1) is 15.3. The zero-order valence-electron chi connectivity index (χ0n) is 13.2. The molecule has 2 aliphatic carbocycles. The van der Waals surface area contributed by atoms with Gasteiger partial charge in [-0.2, -0.15) is 0 Å². The van der Waals surface area contributed by atoms with Crippen molar-refractivity contribution in [2.24, 2.45) is 11.3 Å². The molecule has 2 nitrogen and oxygen atoms in total. The summed E-state index contributed by atoms with van der Waals surface area (Å²) in [5.41, 5.74) is 0.471. The first-order valence-corrected chi connectivity index (χ1v) is 8.40. The number of hydrogen-bond donors (Lipinski definition) is 1. The van der Waals surface area contributed by atoms with Crippen LogP contribution in [-0.4, -0.2) is 25.3 Å². The van der Waals surface area contributed by atoms with Crippen molar-refractivity contribution in [2.75, 3.05) is 13.2 Å². The van der Waals surface area contributed by atoms with Crippen molar-refractivity contribution in [3.8, 4) is 0 Å². The molecule has 0 aromatic carbocycles. The number of nitrogens with one attached hydrogen (secondary N) is 1. The van der Waals surface area contributed by atoms with Crippen molar-refractivity contribution >= 4 is 0 Å². The lowest BCUT2D eigenvalue weighted by molar-refractivity contribution is -0.0220. The lowest BCUT2D eigenvalue weighted by Gasteiger charge is -2.38. The van der Waals surface area contributed by atoms with Gasteiger partial charge in [-0.1, -0.05) is 40.0 Å². The van der Waals surface area contributed by atoms with Crippen molar-refractivity contribution < 1.29 is 4.74 Å². The maximum atomic E-state index is 6.12.